The molecule has 190 valence electrons. The summed E-state index contributed by atoms with van der Waals surface area (Å²) in [4.78, 5) is 51.1. The highest BCUT2D eigenvalue weighted by Crippen LogP contribution is 2.34. The van der Waals surface area contributed by atoms with Gasteiger partial charge in [-0.3, -0.25) is 19.3 Å². The fourth-order valence-electron chi connectivity index (χ4n) is 3.22. The predicted molar refractivity (Wildman–Crippen MR) is 137 cm³/mol. The van der Waals surface area contributed by atoms with Crippen LogP contribution in [0, 0.1) is 0 Å². The van der Waals surface area contributed by atoms with Crippen LogP contribution in [-0.4, -0.2) is 55.3 Å². The van der Waals surface area contributed by atoms with Gasteiger partial charge in [-0.15, -0.1) is 0 Å². The van der Waals surface area contributed by atoms with Crippen LogP contribution in [0.2, 0.25) is 5.02 Å². The molecule has 0 aromatic heterocycles. The summed E-state index contributed by atoms with van der Waals surface area (Å²) in [5.41, 5.74) is 1.01. The topological polar surface area (TPSA) is 111 Å². The van der Waals surface area contributed by atoms with Crippen LogP contribution < -0.4 is 14.8 Å². The van der Waals surface area contributed by atoms with E-state index in [-0.39, 0.29) is 27.8 Å². The van der Waals surface area contributed by atoms with Crippen LogP contribution in [0.15, 0.2) is 41.3 Å². The lowest BCUT2D eigenvalue weighted by atomic mass is 10.2. The van der Waals surface area contributed by atoms with Crippen molar-refractivity contribution in [3.63, 3.8) is 0 Å². The van der Waals surface area contributed by atoms with Gasteiger partial charge < -0.3 is 19.5 Å². The largest absolute Gasteiger partial charge is 0.493 e. The van der Waals surface area contributed by atoms with Crippen LogP contribution in [0.3, 0.4) is 0 Å². The number of nitrogens with one attached hydrogen (secondary N) is 1. The van der Waals surface area contributed by atoms with E-state index in [4.69, 9.17) is 25.8 Å². The summed E-state index contributed by atoms with van der Waals surface area (Å²) in [7, 11) is 3.01. The molecule has 36 heavy (non-hydrogen) atoms. The molecule has 9 nitrogen and oxygen atoms in total. The predicted octanol–water partition coefficient (Wildman–Crippen LogP) is 4.99. The molecule has 1 heterocycles. The van der Waals surface area contributed by atoms with Gasteiger partial charge in [-0.2, -0.15) is 0 Å². The Morgan fingerprint density at radius 2 is 1.83 bits per heavy atom. The number of amides is 3. The molecule has 11 heteroatoms. The molecule has 0 saturated carbocycles. The number of hydrogen-bond donors (Lipinski definition) is 1. The van der Waals surface area contributed by atoms with Gasteiger partial charge in [0, 0.05) is 5.69 Å². The van der Waals surface area contributed by atoms with Crippen molar-refractivity contribution in [2.75, 3.05) is 32.7 Å². The van der Waals surface area contributed by atoms with Gasteiger partial charge in [0.05, 0.1) is 36.3 Å². The van der Waals surface area contributed by atoms with Gasteiger partial charge in [0.1, 0.15) is 6.54 Å². The monoisotopic (exact) mass is 532 g/mol. The Bertz CT molecular complexity index is 1210. The number of carbonyl (C=O) groups excluding carboxylic acids is 4. The molecule has 0 atom stereocenters. The van der Waals surface area contributed by atoms with Gasteiger partial charge in [-0.1, -0.05) is 31.0 Å². The summed E-state index contributed by atoms with van der Waals surface area (Å²) in [6.07, 6.45) is 3.13. The number of esters is 1. The Morgan fingerprint density at radius 3 is 2.53 bits per heavy atom. The van der Waals surface area contributed by atoms with Gasteiger partial charge in [0.2, 0.25) is 5.91 Å². The minimum absolute atomic E-state index is 0.106. The Labute approximate surface area is 217 Å². The summed E-state index contributed by atoms with van der Waals surface area (Å²) < 4.78 is 15.6. The van der Waals surface area contributed by atoms with E-state index in [1.54, 1.807) is 24.3 Å². The van der Waals surface area contributed by atoms with Crippen LogP contribution in [0.5, 0.6) is 11.5 Å². The molecule has 0 radical (unpaired) electrons. The number of benzene rings is 2. The molecule has 1 aliphatic heterocycles. The number of unbranched alkanes of at least 4 members (excludes halogenated alkanes) is 1. The summed E-state index contributed by atoms with van der Waals surface area (Å²) in [5.74, 6) is -0.806. The third-order valence-corrected chi connectivity index (χ3v) is 6.32. The molecule has 0 aliphatic carbocycles. The van der Waals surface area contributed by atoms with Crippen LogP contribution in [0.4, 0.5) is 10.5 Å². The van der Waals surface area contributed by atoms with Gasteiger partial charge in [-0.25, -0.2) is 4.79 Å². The second kappa shape index (κ2) is 12.5. The van der Waals surface area contributed by atoms with E-state index in [0.717, 1.165) is 29.5 Å². The van der Waals surface area contributed by atoms with E-state index in [0.29, 0.717) is 17.1 Å². The second-order valence-electron chi connectivity index (χ2n) is 7.61. The van der Waals surface area contributed by atoms with Crippen molar-refractivity contribution in [2.24, 2.45) is 0 Å². The smallest absolute Gasteiger partial charge is 0.339 e. The minimum Gasteiger partial charge on any atom is -0.493 e. The van der Waals surface area contributed by atoms with Crippen molar-refractivity contribution in [3.8, 4) is 11.5 Å². The standard InChI is InChI=1S/C25H25ClN2O7S/c1-4-5-10-35-24(31)17-13-16(7-8-18(17)26)27-22(29)14-28-23(30)21(36-25(28)32)12-15-6-9-19(33-2)20(11-15)34-3/h6-9,11-13H,4-5,10,14H2,1-3H3,(H,27,29)/b21-12+. The molecule has 1 N–H and O–H groups in total. The molecule has 3 rings (SSSR count). The lowest BCUT2D eigenvalue weighted by Gasteiger charge is -2.13. The van der Waals surface area contributed by atoms with Crippen molar-refractivity contribution < 1.29 is 33.4 Å². The first kappa shape index (κ1) is 27.1. The minimum atomic E-state index is -0.614. The zero-order chi connectivity index (χ0) is 26.2. The van der Waals surface area contributed by atoms with E-state index >= 15 is 0 Å². The average Bonchev–Trinajstić information content (AvgIpc) is 3.12. The highest BCUT2D eigenvalue weighted by atomic mass is 35.5. The van der Waals surface area contributed by atoms with E-state index in [1.165, 1.54) is 32.4 Å². The van der Waals surface area contributed by atoms with Gasteiger partial charge >= 0.3 is 5.97 Å². The number of thioether (sulfide) groups is 1. The SMILES string of the molecule is CCCCOC(=O)c1cc(NC(=O)CN2C(=O)S/C(=C/c3ccc(OC)c(OC)c3)C2=O)ccc1Cl. The fraction of sp³-hybridized carbons (Fsp3) is 0.280. The van der Waals surface area contributed by atoms with Gasteiger partial charge in [0.15, 0.2) is 11.5 Å². The zero-order valence-corrected chi connectivity index (χ0v) is 21.5. The van der Waals surface area contributed by atoms with Crippen molar-refractivity contribution in [3.05, 3.63) is 57.5 Å². The zero-order valence-electron chi connectivity index (χ0n) is 20.0. The maximum atomic E-state index is 12.8. The fourth-order valence-corrected chi connectivity index (χ4v) is 4.25. The Morgan fingerprint density at radius 1 is 1.08 bits per heavy atom. The highest BCUT2D eigenvalue weighted by molar-refractivity contribution is 8.18. The van der Waals surface area contributed by atoms with E-state index < -0.39 is 29.6 Å². The Balaban J connectivity index is 1.68. The number of carbonyl (C=O) groups is 4. The number of rotatable bonds is 10. The third kappa shape index (κ3) is 6.58. The number of ether oxygens (including phenoxy) is 3. The summed E-state index contributed by atoms with van der Waals surface area (Å²) in [6.45, 7) is 1.74. The van der Waals surface area contributed by atoms with E-state index in [1.807, 2.05) is 6.92 Å². The molecule has 0 unspecified atom stereocenters. The average molecular weight is 533 g/mol. The van der Waals surface area contributed by atoms with Crippen molar-refractivity contribution >= 4 is 58.1 Å². The second-order valence-corrected chi connectivity index (χ2v) is 9.01. The lowest BCUT2D eigenvalue weighted by molar-refractivity contribution is -0.127. The molecule has 1 saturated heterocycles. The molecule has 2 aromatic carbocycles. The van der Waals surface area contributed by atoms with Crippen molar-refractivity contribution in [1.82, 2.24) is 4.90 Å². The number of imide groups is 1. The number of hydrogen-bond acceptors (Lipinski definition) is 8. The third-order valence-electron chi connectivity index (χ3n) is 5.08. The molecule has 2 aromatic rings. The normalized spacial score (nSPS) is 14.2. The van der Waals surface area contributed by atoms with Crippen molar-refractivity contribution in [2.45, 2.75) is 19.8 Å². The van der Waals surface area contributed by atoms with Crippen LogP contribution in [-0.2, 0) is 14.3 Å². The molecule has 1 aliphatic rings. The van der Waals surface area contributed by atoms with Crippen molar-refractivity contribution in [1.29, 1.82) is 0 Å². The summed E-state index contributed by atoms with van der Waals surface area (Å²) in [5, 5.41) is 2.19. The molecule has 3 amide bonds. The number of halogens is 1. The Kier molecular flexibility index (Phi) is 9.38. The van der Waals surface area contributed by atoms with Crippen LogP contribution in [0.25, 0.3) is 6.08 Å². The maximum absolute atomic E-state index is 12.8. The first-order valence-electron chi connectivity index (χ1n) is 11.0. The quantitative estimate of drug-likeness (QED) is 0.259. The van der Waals surface area contributed by atoms with E-state index in [9.17, 15) is 19.2 Å². The van der Waals surface area contributed by atoms with Crippen LogP contribution in [0.1, 0.15) is 35.7 Å². The first-order valence-corrected chi connectivity index (χ1v) is 12.2. The summed E-state index contributed by atoms with van der Waals surface area (Å²) in [6, 6.07) is 9.42. The summed E-state index contributed by atoms with van der Waals surface area (Å²) >= 11 is 6.83. The molecule has 1 fully saturated rings. The highest BCUT2D eigenvalue weighted by Gasteiger charge is 2.36. The molecule has 0 spiro atoms. The van der Waals surface area contributed by atoms with Gasteiger partial charge in [-0.05, 0) is 60.2 Å². The number of anilines is 1. The number of methoxy groups -OCH3 is 2. The maximum Gasteiger partial charge on any atom is 0.339 e. The molecular weight excluding hydrogens is 508 g/mol. The number of nitrogens with zero attached hydrogens (tertiary/aromatic N) is 1. The van der Waals surface area contributed by atoms with E-state index in [2.05, 4.69) is 5.32 Å². The lowest BCUT2D eigenvalue weighted by Crippen LogP contribution is -2.36. The van der Waals surface area contributed by atoms with Gasteiger partial charge in [0.25, 0.3) is 11.1 Å². The van der Waals surface area contributed by atoms with Crippen LogP contribution >= 0.6 is 23.4 Å². The molecular formula is C25H25ClN2O7S. The molecule has 0 bridgehead atoms. The Hall–Kier alpha value is -3.50. The first-order chi connectivity index (χ1) is 17.3.